The third-order valence-corrected chi connectivity index (χ3v) is 4.16. The number of hydrogen-bond donors (Lipinski definition) is 0. The molecule has 4 heteroatoms. The zero-order valence-electron chi connectivity index (χ0n) is 12.6. The van der Waals surface area contributed by atoms with Crippen molar-refractivity contribution in [2.24, 2.45) is 5.41 Å². The van der Waals surface area contributed by atoms with E-state index in [0.717, 1.165) is 32.8 Å². The Bertz CT molecular complexity index is 331. The van der Waals surface area contributed by atoms with Gasteiger partial charge in [0.2, 0.25) is 0 Å². The molecular weight excluding hydrogens is 238 g/mol. The van der Waals surface area contributed by atoms with Crippen LogP contribution in [-0.4, -0.2) is 61.8 Å². The van der Waals surface area contributed by atoms with E-state index >= 15 is 0 Å². The van der Waals surface area contributed by atoms with Crippen molar-refractivity contribution >= 4 is 0 Å². The lowest BCUT2D eigenvalue weighted by Crippen LogP contribution is -2.45. The first-order chi connectivity index (χ1) is 9.00. The van der Waals surface area contributed by atoms with Gasteiger partial charge in [-0.1, -0.05) is 13.8 Å². The Morgan fingerprint density at radius 3 is 2.79 bits per heavy atom. The summed E-state index contributed by atoms with van der Waals surface area (Å²) in [5.41, 5.74) is 0.275. The van der Waals surface area contributed by atoms with Crippen LogP contribution in [0.3, 0.4) is 0 Å². The van der Waals surface area contributed by atoms with E-state index in [-0.39, 0.29) is 5.41 Å². The summed E-state index contributed by atoms with van der Waals surface area (Å²) in [5, 5.41) is 9.08. The topological polar surface area (TPSA) is 39.5 Å². The summed E-state index contributed by atoms with van der Waals surface area (Å²) in [4.78, 5) is 4.88. The van der Waals surface area contributed by atoms with Gasteiger partial charge in [-0.05, 0) is 25.3 Å². The van der Waals surface area contributed by atoms with Crippen LogP contribution in [0.1, 0.15) is 33.1 Å². The molecule has 108 valence electrons. The molecule has 0 aromatic heterocycles. The van der Waals surface area contributed by atoms with E-state index in [1.807, 2.05) is 0 Å². The van der Waals surface area contributed by atoms with Crippen LogP contribution in [0.15, 0.2) is 0 Å². The summed E-state index contributed by atoms with van der Waals surface area (Å²) in [6, 6.07) is 2.71. The van der Waals surface area contributed by atoms with Crippen molar-refractivity contribution in [1.29, 1.82) is 5.26 Å². The number of nitriles is 1. The van der Waals surface area contributed by atoms with Crippen molar-refractivity contribution in [3.63, 3.8) is 0 Å². The summed E-state index contributed by atoms with van der Waals surface area (Å²) >= 11 is 0. The van der Waals surface area contributed by atoms with Gasteiger partial charge < -0.3 is 9.64 Å². The molecule has 2 saturated heterocycles. The predicted molar refractivity (Wildman–Crippen MR) is 75.8 cm³/mol. The van der Waals surface area contributed by atoms with Gasteiger partial charge in [-0.3, -0.25) is 4.90 Å². The highest BCUT2D eigenvalue weighted by molar-refractivity contribution is 4.92. The van der Waals surface area contributed by atoms with Crippen molar-refractivity contribution < 1.29 is 4.74 Å². The fourth-order valence-electron chi connectivity index (χ4n) is 3.56. The molecule has 19 heavy (non-hydrogen) atoms. The van der Waals surface area contributed by atoms with Gasteiger partial charge in [-0.15, -0.1) is 0 Å². The molecule has 2 fully saturated rings. The minimum absolute atomic E-state index is 0.275. The van der Waals surface area contributed by atoms with Crippen LogP contribution in [0.25, 0.3) is 0 Å². The quantitative estimate of drug-likeness (QED) is 0.779. The molecule has 2 rings (SSSR count). The van der Waals surface area contributed by atoms with E-state index in [1.54, 1.807) is 0 Å². The van der Waals surface area contributed by atoms with Crippen LogP contribution in [0, 0.1) is 16.7 Å². The second-order valence-corrected chi connectivity index (χ2v) is 6.94. The second-order valence-electron chi connectivity index (χ2n) is 6.94. The molecule has 4 nitrogen and oxygen atoms in total. The normalized spacial score (nSPS) is 32.9. The van der Waals surface area contributed by atoms with Crippen molar-refractivity contribution in [2.75, 3.05) is 39.8 Å². The molecule has 0 radical (unpaired) electrons. The van der Waals surface area contributed by atoms with Crippen molar-refractivity contribution in [3.05, 3.63) is 0 Å². The lowest BCUT2D eigenvalue weighted by Gasteiger charge is -2.34. The SMILES string of the molecule is CN1CC(CC#N)N(CC2CCCO2)CC(C)(C)C1. The Kier molecular flexibility index (Phi) is 4.83. The van der Waals surface area contributed by atoms with Gasteiger partial charge in [0.15, 0.2) is 0 Å². The lowest BCUT2D eigenvalue weighted by atomic mass is 9.92. The first-order valence-electron chi connectivity index (χ1n) is 7.41. The van der Waals surface area contributed by atoms with Gasteiger partial charge in [0.05, 0.1) is 18.6 Å². The maximum Gasteiger partial charge on any atom is 0.0702 e. The molecule has 2 aliphatic heterocycles. The highest BCUT2D eigenvalue weighted by Gasteiger charge is 2.34. The van der Waals surface area contributed by atoms with E-state index in [4.69, 9.17) is 10.00 Å². The molecule has 0 aliphatic carbocycles. The van der Waals surface area contributed by atoms with Gasteiger partial charge in [0.25, 0.3) is 0 Å². The highest BCUT2D eigenvalue weighted by Crippen LogP contribution is 2.26. The number of nitrogens with zero attached hydrogens (tertiary/aromatic N) is 3. The van der Waals surface area contributed by atoms with Gasteiger partial charge in [-0.25, -0.2) is 0 Å². The molecule has 2 atom stereocenters. The van der Waals surface area contributed by atoms with Crippen LogP contribution < -0.4 is 0 Å². The minimum atomic E-state index is 0.275. The number of ether oxygens (including phenoxy) is 1. The minimum Gasteiger partial charge on any atom is -0.377 e. The molecule has 0 spiro atoms. The monoisotopic (exact) mass is 265 g/mol. The maximum atomic E-state index is 9.08. The van der Waals surface area contributed by atoms with E-state index in [9.17, 15) is 0 Å². The van der Waals surface area contributed by atoms with E-state index < -0.39 is 0 Å². The summed E-state index contributed by atoms with van der Waals surface area (Å²) < 4.78 is 5.78. The molecular formula is C15H27N3O. The van der Waals surface area contributed by atoms with Crippen molar-refractivity contribution in [3.8, 4) is 6.07 Å². The molecule has 0 N–H and O–H groups in total. The molecule has 2 aliphatic rings. The number of hydrogen-bond acceptors (Lipinski definition) is 4. The maximum absolute atomic E-state index is 9.08. The first kappa shape index (κ1) is 14.8. The van der Waals surface area contributed by atoms with Gasteiger partial charge >= 0.3 is 0 Å². The summed E-state index contributed by atoms with van der Waals surface area (Å²) in [5.74, 6) is 0. The number of likely N-dealkylation sites (N-methyl/N-ethyl adjacent to an activating group) is 1. The largest absolute Gasteiger partial charge is 0.377 e. The smallest absolute Gasteiger partial charge is 0.0702 e. The second kappa shape index (κ2) is 6.21. The van der Waals surface area contributed by atoms with Crippen molar-refractivity contribution in [2.45, 2.75) is 45.3 Å². The molecule has 0 amide bonds. The Morgan fingerprint density at radius 2 is 2.16 bits per heavy atom. The van der Waals surface area contributed by atoms with Crippen LogP contribution in [-0.2, 0) is 4.74 Å². The Morgan fingerprint density at radius 1 is 1.37 bits per heavy atom. The number of rotatable bonds is 3. The Hall–Kier alpha value is -0.630. The Balaban J connectivity index is 2.06. The molecule has 0 bridgehead atoms. The summed E-state index contributed by atoms with van der Waals surface area (Å²) in [6.45, 7) is 9.68. The summed E-state index contributed by atoms with van der Waals surface area (Å²) in [6.07, 6.45) is 3.35. The molecule has 0 aromatic carbocycles. The standard InChI is InChI=1S/C15H27N3O/c1-15(2)11-17(3)9-13(6-7-16)18(12-15)10-14-5-4-8-19-14/h13-14H,4-6,8-12H2,1-3H3. The van der Waals surface area contributed by atoms with Crippen LogP contribution >= 0.6 is 0 Å². The van der Waals surface area contributed by atoms with Crippen LogP contribution in [0.5, 0.6) is 0 Å². The van der Waals surface area contributed by atoms with Gasteiger partial charge in [0, 0.05) is 38.8 Å². The van der Waals surface area contributed by atoms with Crippen LogP contribution in [0.4, 0.5) is 0 Å². The molecule has 2 heterocycles. The highest BCUT2D eigenvalue weighted by atomic mass is 16.5. The first-order valence-corrected chi connectivity index (χ1v) is 7.41. The predicted octanol–water partition coefficient (Wildman–Crippen LogP) is 1.72. The Labute approximate surface area is 117 Å². The van der Waals surface area contributed by atoms with Crippen molar-refractivity contribution in [1.82, 2.24) is 9.80 Å². The molecule has 0 saturated carbocycles. The molecule has 0 aromatic rings. The molecule has 2 unspecified atom stereocenters. The zero-order chi connectivity index (χ0) is 13.9. The zero-order valence-corrected chi connectivity index (χ0v) is 12.6. The third-order valence-electron chi connectivity index (χ3n) is 4.16. The van der Waals surface area contributed by atoms with E-state index in [2.05, 4.69) is 36.8 Å². The lowest BCUT2D eigenvalue weighted by molar-refractivity contribution is 0.0486. The average molecular weight is 265 g/mol. The fraction of sp³-hybridized carbons (Fsp3) is 0.933. The van der Waals surface area contributed by atoms with Gasteiger partial charge in [-0.2, -0.15) is 5.26 Å². The van der Waals surface area contributed by atoms with Gasteiger partial charge in [0.1, 0.15) is 0 Å². The van der Waals surface area contributed by atoms with E-state index in [1.165, 1.54) is 12.8 Å². The fourth-order valence-corrected chi connectivity index (χ4v) is 3.56. The average Bonchev–Trinajstić information content (AvgIpc) is 2.75. The summed E-state index contributed by atoms with van der Waals surface area (Å²) in [7, 11) is 2.17. The van der Waals surface area contributed by atoms with E-state index in [0.29, 0.717) is 18.6 Å². The van der Waals surface area contributed by atoms with Crippen LogP contribution in [0.2, 0.25) is 0 Å². The third kappa shape index (κ3) is 4.17.